The van der Waals surface area contributed by atoms with Gasteiger partial charge in [-0.1, -0.05) is 108 Å². The molecule has 0 spiro atoms. The quantitative estimate of drug-likeness (QED) is 0.136. The summed E-state index contributed by atoms with van der Waals surface area (Å²) in [5.74, 6) is 0. The van der Waals surface area contributed by atoms with Crippen LogP contribution >= 0.6 is 0 Å². The van der Waals surface area contributed by atoms with Gasteiger partial charge in [0.1, 0.15) is 0 Å². The Kier molecular flexibility index (Phi) is 34.3. The maximum Gasteiger partial charge on any atom is 2.00 e. The molecule has 596 valence electrons. The van der Waals surface area contributed by atoms with Crippen molar-refractivity contribution in [3.8, 4) is 0 Å². The zero-order valence-electron chi connectivity index (χ0n) is 63.3. The topological polar surface area (TPSA) is 212 Å². The first kappa shape index (κ1) is 97.0. The van der Waals surface area contributed by atoms with E-state index in [1.54, 1.807) is 49.6 Å². The first-order valence-corrected chi connectivity index (χ1v) is 33.6. The van der Waals surface area contributed by atoms with Crippen LogP contribution in [0.15, 0.2) is 245 Å². The van der Waals surface area contributed by atoms with Crippen molar-refractivity contribution in [1.29, 1.82) is 0 Å². The second-order valence-corrected chi connectivity index (χ2v) is 28.3. The van der Waals surface area contributed by atoms with Gasteiger partial charge in [-0.05, 0) is 193 Å². The Balaban J connectivity index is 0.000000685. The van der Waals surface area contributed by atoms with Crippen LogP contribution in [0, 0.1) is 104 Å². The predicted molar refractivity (Wildman–Crippen MR) is 416 cm³/mol. The number of fused-ring (bicyclic) bond motifs is 15. The second kappa shape index (κ2) is 39.2. The van der Waals surface area contributed by atoms with E-state index in [9.17, 15) is 0 Å². The van der Waals surface area contributed by atoms with Gasteiger partial charge in [0.2, 0.25) is 0 Å². The Morgan fingerprint density at radius 1 is 0.243 bits per heavy atom. The molecule has 7 aliphatic heterocycles. The molecule has 10 heterocycles. The molecule has 27 heteroatoms. The van der Waals surface area contributed by atoms with Gasteiger partial charge in [-0.15, -0.1) is 82.2 Å². The maximum absolute atomic E-state index is 4.94. The van der Waals surface area contributed by atoms with Crippen molar-refractivity contribution >= 4 is 92.7 Å². The van der Waals surface area contributed by atoms with E-state index in [0.29, 0.717) is 0 Å². The van der Waals surface area contributed by atoms with Crippen LogP contribution in [-0.4, -0.2) is 47.2 Å². The summed E-state index contributed by atoms with van der Waals surface area (Å²) in [5, 5.41) is 24.3. The first-order valence-electron chi connectivity index (χ1n) is 33.6. The summed E-state index contributed by atoms with van der Waals surface area (Å²) in [4.78, 5) is 54.1. The van der Waals surface area contributed by atoms with Crippen LogP contribution < -0.4 is 15.0 Å². The maximum atomic E-state index is 4.94. The SMILES string of the molecule is Cc1cc2c(cc1C)[N-]/C=C1/C=CC(=N1)C(C)(C)C1=N/C(=C\[N-]c3cc(C)c(C)cc3[N-]/C=C3/C=CC(=N3)C(C)(C)c3ccc([n-]3)C=N2)C=C1.Cc1cc2c(cc1C)[N-]/C=C1/C=CC(=N1)C(C)(C)c1ccc([n-]1)C=Nc1cc(C)c(C)cc1[N-]/C=C1/C=CC(=N1)C(C)(C)c1ccc([n-]1)C=N2.[Cu+2].[Cu+2].[Cu+2].[Cu+2].[Ne].[Ne].[Ne].[Ne].[Ne].[Ne].[Ne]. The fourth-order valence-corrected chi connectivity index (χ4v) is 12.0. The van der Waals surface area contributed by atoms with Crippen molar-refractivity contribution in [3.63, 3.8) is 0 Å². The van der Waals surface area contributed by atoms with Crippen molar-refractivity contribution in [2.24, 2.45) is 45.4 Å². The standard InChI is InChI=1S/2C42H40N8.4Cu.7Ne/c2*1-25-17-33-34(18-26(25)2)44-22-30-10-14-38(48-30)42(7,8)40-16-12-32(50-40)24-46-36-20-28(4)27(3)19-35(36)45-23-31-11-15-39(49-31)41(5,6)37-13-9-29(47-37)21-43-33;;;;;;;;;;;/h2*9-24H,1-8H3;;;;;;;;;;;/q2*-4;4*+2;;;;;;;/b29-21-,32-24-,44-22?,45-23?;29-21-,30-22-,31-23-,46-24?;;;;;;;;;;;. The molecule has 0 saturated carbocycles. The number of hydrogen-bond donors (Lipinski definition) is 0. The van der Waals surface area contributed by atoms with Crippen molar-refractivity contribution in [2.75, 3.05) is 0 Å². The number of rotatable bonds is 0. The number of hydrogen-bond acceptors (Lipinski definition) is 8. The molecule has 0 N–H and O–H groups in total. The van der Waals surface area contributed by atoms with Gasteiger partial charge >= 0.3 is 68.3 Å². The molecule has 3 aromatic heterocycles. The van der Waals surface area contributed by atoms with Crippen LogP contribution in [-0.2, 0) is 84.5 Å². The van der Waals surface area contributed by atoms with E-state index < -0.39 is 21.7 Å². The largest absolute Gasteiger partial charge is 2.00 e. The van der Waals surface area contributed by atoms with E-state index in [-0.39, 0.29) is 111 Å². The summed E-state index contributed by atoms with van der Waals surface area (Å²) < 4.78 is 0. The van der Waals surface area contributed by atoms with Gasteiger partial charge in [0.25, 0.3) is 0 Å². The molecule has 7 aromatic rings. The van der Waals surface area contributed by atoms with E-state index in [4.69, 9.17) is 81.5 Å². The molecule has 0 fully saturated rings. The molecule has 7 aliphatic rings. The number of allylic oxidation sites excluding steroid dienone is 10. The Morgan fingerprint density at radius 2 is 0.441 bits per heavy atom. The average molecular weight is 1710 g/mol. The normalized spacial score (nSPS) is 18.7. The molecule has 0 unspecified atom stereocenters. The fraction of sp³-hybridized carbons (Fsp3) is 0.238. The van der Waals surface area contributed by atoms with Gasteiger partial charge in [-0.3, -0.25) is 39.9 Å². The van der Waals surface area contributed by atoms with Gasteiger partial charge in [0, 0.05) is 146 Å². The summed E-state index contributed by atoms with van der Waals surface area (Å²) in [7, 11) is 0. The van der Waals surface area contributed by atoms with Crippen LogP contribution in [0.5, 0.6) is 0 Å². The Hall–Kier alpha value is -10.1. The van der Waals surface area contributed by atoms with Crippen LogP contribution in [0.3, 0.4) is 0 Å². The molecular weight excluding hydrogens is 1630 g/mol. The van der Waals surface area contributed by atoms with E-state index in [1.807, 2.05) is 97.2 Å². The van der Waals surface area contributed by atoms with E-state index >= 15 is 0 Å². The Bertz CT molecular complexity index is 5010. The Labute approximate surface area is 696 Å². The third-order valence-electron chi connectivity index (χ3n) is 19.5. The predicted octanol–water partition coefficient (Wildman–Crippen LogP) is 21.5. The minimum atomic E-state index is -0.430. The van der Waals surface area contributed by atoms with Crippen LogP contribution in [0.4, 0.5) is 45.5 Å². The second-order valence-electron chi connectivity index (χ2n) is 28.3. The number of nitrogens with zero attached hydrogens (tertiary/aromatic N) is 16. The number of aromatic nitrogens is 3. The Morgan fingerprint density at radius 3 is 0.676 bits per heavy atom. The van der Waals surface area contributed by atoms with Crippen LogP contribution in [0.25, 0.3) is 26.6 Å². The zero-order chi connectivity index (χ0) is 70.4. The molecule has 111 heavy (non-hydrogen) atoms. The van der Waals surface area contributed by atoms with Gasteiger partial charge < -0.3 is 41.5 Å². The smallest absolute Gasteiger partial charge is 0.663 e. The van der Waals surface area contributed by atoms with Crippen molar-refractivity contribution in [2.45, 2.75) is 127 Å². The molecule has 16 bridgehead atoms. The molecule has 0 saturated heterocycles. The number of aryl methyl sites for hydroxylation is 8. The van der Waals surface area contributed by atoms with E-state index in [2.05, 4.69) is 159 Å². The molecule has 14 rings (SSSR count). The molecular formula is C84H80Cu4N16Ne7. The van der Waals surface area contributed by atoms with Crippen molar-refractivity contribution < 1.29 is 111 Å². The zero-order valence-corrected chi connectivity index (χ0v) is 67.1. The fourth-order valence-electron chi connectivity index (χ4n) is 12.0. The molecule has 0 atom stereocenters. The number of aliphatic imine (C=N–C) groups is 8. The molecule has 0 amide bonds. The minimum Gasteiger partial charge on any atom is -0.663 e. The molecule has 16 nitrogen and oxygen atoms in total. The van der Waals surface area contributed by atoms with Gasteiger partial charge in [0.15, 0.2) is 0 Å². The third-order valence-corrected chi connectivity index (χ3v) is 19.5. The monoisotopic (exact) mass is 1700 g/mol. The van der Waals surface area contributed by atoms with Crippen molar-refractivity contribution in [1.82, 2.24) is 15.0 Å². The van der Waals surface area contributed by atoms with Gasteiger partial charge in [-0.2, -0.15) is 11.4 Å². The molecule has 0 aliphatic carbocycles. The van der Waals surface area contributed by atoms with Gasteiger partial charge in [0.05, 0.1) is 11.4 Å². The van der Waals surface area contributed by atoms with Gasteiger partial charge in [-0.25, -0.2) is 0 Å². The summed E-state index contributed by atoms with van der Waals surface area (Å²) in [6.45, 7) is 33.7. The first-order chi connectivity index (χ1) is 47.7. The van der Waals surface area contributed by atoms with E-state index in [0.717, 1.165) is 181 Å². The summed E-state index contributed by atoms with van der Waals surface area (Å²) in [5.41, 5.74) is 27.1. The molecule has 4 aromatic carbocycles. The summed E-state index contributed by atoms with van der Waals surface area (Å²) in [6, 6.07) is 28.6. The van der Waals surface area contributed by atoms with Crippen LogP contribution in [0.2, 0.25) is 0 Å². The van der Waals surface area contributed by atoms with E-state index in [1.165, 1.54) is 0 Å². The summed E-state index contributed by atoms with van der Waals surface area (Å²) in [6.07, 6.45) is 34.6. The molecule has 4 radical (unpaired) electrons. The van der Waals surface area contributed by atoms with Crippen LogP contribution in [0.1, 0.15) is 134 Å². The van der Waals surface area contributed by atoms with Crippen molar-refractivity contribution in [3.05, 3.63) is 310 Å². The minimum absolute atomic E-state index is 0. The summed E-state index contributed by atoms with van der Waals surface area (Å²) >= 11 is 0. The number of benzene rings is 4. The third kappa shape index (κ3) is 20.9. The average Bonchev–Trinajstić information content (AvgIpc) is 1.66.